The van der Waals surface area contributed by atoms with Gasteiger partial charge in [0.1, 0.15) is 5.82 Å². The first-order valence-corrected chi connectivity index (χ1v) is 4.27. The van der Waals surface area contributed by atoms with E-state index in [0.717, 1.165) is 12.0 Å². The summed E-state index contributed by atoms with van der Waals surface area (Å²) in [7, 11) is 0. The van der Waals surface area contributed by atoms with E-state index in [1.54, 1.807) is 12.1 Å². The van der Waals surface area contributed by atoms with Crippen molar-refractivity contribution in [1.82, 2.24) is 5.32 Å². The standard InChI is InChI=1S/C10H12FN/c1-7-5-10(12-7)8-3-2-4-9(11)6-8/h2-4,6-7,10,12H,5H2,1H3. The molecule has 1 aliphatic heterocycles. The van der Waals surface area contributed by atoms with E-state index in [1.807, 2.05) is 6.07 Å². The Bertz CT molecular complexity index is 279. The topological polar surface area (TPSA) is 12.0 Å². The Morgan fingerprint density at radius 2 is 2.25 bits per heavy atom. The number of rotatable bonds is 1. The summed E-state index contributed by atoms with van der Waals surface area (Å²) in [5.41, 5.74) is 1.06. The molecule has 0 saturated carbocycles. The van der Waals surface area contributed by atoms with Gasteiger partial charge in [-0.05, 0) is 31.0 Å². The molecule has 2 unspecified atom stereocenters. The lowest BCUT2D eigenvalue weighted by Crippen LogP contribution is -2.43. The number of benzene rings is 1. The van der Waals surface area contributed by atoms with Gasteiger partial charge in [0.15, 0.2) is 0 Å². The van der Waals surface area contributed by atoms with Crippen molar-refractivity contribution in [3.05, 3.63) is 35.6 Å². The summed E-state index contributed by atoms with van der Waals surface area (Å²) in [5.74, 6) is -0.145. The third kappa shape index (κ3) is 1.34. The largest absolute Gasteiger partial charge is 0.307 e. The summed E-state index contributed by atoms with van der Waals surface area (Å²) < 4.78 is 12.8. The molecule has 1 aliphatic rings. The molecule has 1 aromatic carbocycles. The Kier molecular flexibility index (Phi) is 1.85. The highest BCUT2D eigenvalue weighted by molar-refractivity contribution is 5.22. The van der Waals surface area contributed by atoms with E-state index in [9.17, 15) is 4.39 Å². The van der Waals surface area contributed by atoms with Crippen molar-refractivity contribution in [2.75, 3.05) is 0 Å². The molecule has 0 aliphatic carbocycles. The average molecular weight is 165 g/mol. The lowest BCUT2D eigenvalue weighted by atomic mass is 9.92. The van der Waals surface area contributed by atoms with Gasteiger partial charge in [-0.1, -0.05) is 12.1 Å². The van der Waals surface area contributed by atoms with Gasteiger partial charge in [0.25, 0.3) is 0 Å². The molecule has 0 aromatic heterocycles. The van der Waals surface area contributed by atoms with Gasteiger partial charge in [-0.25, -0.2) is 4.39 Å². The highest BCUT2D eigenvalue weighted by Crippen LogP contribution is 2.27. The van der Waals surface area contributed by atoms with Crippen molar-refractivity contribution in [3.8, 4) is 0 Å². The zero-order valence-corrected chi connectivity index (χ0v) is 7.05. The molecule has 1 nitrogen and oxygen atoms in total. The molecule has 64 valence electrons. The molecular formula is C10H12FN. The van der Waals surface area contributed by atoms with Crippen LogP contribution in [0, 0.1) is 5.82 Å². The molecule has 12 heavy (non-hydrogen) atoms. The minimum atomic E-state index is -0.145. The van der Waals surface area contributed by atoms with Crippen molar-refractivity contribution in [2.24, 2.45) is 0 Å². The van der Waals surface area contributed by atoms with Crippen LogP contribution in [0.15, 0.2) is 24.3 Å². The molecule has 0 spiro atoms. The summed E-state index contributed by atoms with van der Waals surface area (Å²) in [6, 6.07) is 7.76. The maximum absolute atomic E-state index is 12.8. The predicted molar refractivity (Wildman–Crippen MR) is 46.4 cm³/mol. The molecule has 0 radical (unpaired) electrons. The molecular weight excluding hydrogens is 153 g/mol. The van der Waals surface area contributed by atoms with Gasteiger partial charge < -0.3 is 5.32 Å². The van der Waals surface area contributed by atoms with Crippen molar-refractivity contribution in [1.29, 1.82) is 0 Å². The van der Waals surface area contributed by atoms with Crippen molar-refractivity contribution >= 4 is 0 Å². The van der Waals surface area contributed by atoms with Gasteiger partial charge in [0, 0.05) is 12.1 Å². The second-order valence-electron chi connectivity index (χ2n) is 3.41. The van der Waals surface area contributed by atoms with Crippen molar-refractivity contribution in [2.45, 2.75) is 25.4 Å². The minimum Gasteiger partial charge on any atom is -0.307 e. The van der Waals surface area contributed by atoms with Crippen LogP contribution in [0.1, 0.15) is 24.9 Å². The molecule has 1 aromatic rings. The van der Waals surface area contributed by atoms with Gasteiger partial charge in [-0.3, -0.25) is 0 Å². The maximum atomic E-state index is 12.8. The van der Waals surface area contributed by atoms with Gasteiger partial charge >= 0.3 is 0 Å². The van der Waals surface area contributed by atoms with E-state index in [-0.39, 0.29) is 5.82 Å². The summed E-state index contributed by atoms with van der Waals surface area (Å²) in [6.45, 7) is 2.13. The predicted octanol–water partition coefficient (Wildman–Crippen LogP) is 2.25. The Hall–Kier alpha value is -0.890. The number of hydrogen-bond acceptors (Lipinski definition) is 1. The van der Waals surface area contributed by atoms with Crippen LogP contribution in [0.5, 0.6) is 0 Å². The second-order valence-corrected chi connectivity index (χ2v) is 3.41. The van der Waals surface area contributed by atoms with Gasteiger partial charge in [-0.15, -0.1) is 0 Å². The zero-order chi connectivity index (χ0) is 8.55. The Labute approximate surface area is 71.6 Å². The van der Waals surface area contributed by atoms with E-state index in [1.165, 1.54) is 6.07 Å². The monoisotopic (exact) mass is 165 g/mol. The molecule has 0 amide bonds. The molecule has 2 atom stereocenters. The van der Waals surface area contributed by atoms with Crippen LogP contribution in [0.25, 0.3) is 0 Å². The van der Waals surface area contributed by atoms with Crippen LogP contribution in [-0.4, -0.2) is 6.04 Å². The van der Waals surface area contributed by atoms with E-state index >= 15 is 0 Å². The van der Waals surface area contributed by atoms with Crippen molar-refractivity contribution in [3.63, 3.8) is 0 Å². The number of nitrogens with one attached hydrogen (secondary N) is 1. The van der Waals surface area contributed by atoms with Crippen LogP contribution in [-0.2, 0) is 0 Å². The van der Waals surface area contributed by atoms with Gasteiger partial charge in [0.05, 0.1) is 0 Å². The molecule has 1 saturated heterocycles. The van der Waals surface area contributed by atoms with Crippen LogP contribution in [0.4, 0.5) is 4.39 Å². The van der Waals surface area contributed by atoms with Gasteiger partial charge in [0.2, 0.25) is 0 Å². The minimum absolute atomic E-state index is 0.145. The van der Waals surface area contributed by atoms with Crippen LogP contribution in [0.2, 0.25) is 0 Å². The summed E-state index contributed by atoms with van der Waals surface area (Å²) in [5, 5.41) is 3.32. The van der Waals surface area contributed by atoms with Crippen LogP contribution in [0.3, 0.4) is 0 Å². The zero-order valence-electron chi connectivity index (χ0n) is 7.05. The normalized spacial score (nSPS) is 28.2. The fourth-order valence-corrected chi connectivity index (χ4v) is 1.63. The van der Waals surface area contributed by atoms with Crippen LogP contribution >= 0.6 is 0 Å². The van der Waals surface area contributed by atoms with E-state index in [0.29, 0.717) is 12.1 Å². The van der Waals surface area contributed by atoms with Gasteiger partial charge in [-0.2, -0.15) is 0 Å². The molecule has 0 bridgehead atoms. The van der Waals surface area contributed by atoms with Crippen molar-refractivity contribution < 1.29 is 4.39 Å². The smallest absolute Gasteiger partial charge is 0.123 e. The molecule has 1 heterocycles. The summed E-state index contributed by atoms with van der Waals surface area (Å²) in [4.78, 5) is 0. The number of halogens is 1. The number of hydrogen-bond donors (Lipinski definition) is 1. The average Bonchev–Trinajstić information content (AvgIpc) is 1.99. The maximum Gasteiger partial charge on any atom is 0.123 e. The fraction of sp³-hybridized carbons (Fsp3) is 0.400. The first-order chi connectivity index (χ1) is 5.75. The second kappa shape index (κ2) is 2.87. The Morgan fingerprint density at radius 1 is 1.50 bits per heavy atom. The highest BCUT2D eigenvalue weighted by Gasteiger charge is 2.25. The third-order valence-corrected chi connectivity index (χ3v) is 2.33. The first kappa shape index (κ1) is 7.74. The van der Waals surface area contributed by atoms with Crippen LogP contribution < -0.4 is 5.32 Å². The Balaban J connectivity index is 2.13. The summed E-state index contributed by atoms with van der Waals surface area (Å²) in [6.07, 6.45) is 1.11. The van der Waals surface area contributed by atoms with E-state index in [2.05, 4.69) is 12.2 Å². The molecule has 2 rings (SSSR count). The Morgan fingerprint density at radius 3 is 2.83 bits per heavy atom. The molecule has 1 N–H and O–H groups in total. The fourth-order valence-electron chi connectivity index (χ4n) is 1.63. The lowest BCUT2D eigenvalue weighted by molar-refractivity contribution is 0.287. The van der Waals surface area contributed by atoms with E-state index in [4.69, 9.17) is 0 Å². The summed E-state index contributed by atoms with van der Waals surface area (Å²) >= 11 is 0. The highest BCUT2D eigenvalue weighted by atomic mass is 19.1. The quantitative estimate of drug-likeness (QED) is 0.673. The SMILES string of the molecule is CC1CC(c2cccc(F)c2)N1. The third-order valence-electron chi connectivity index (χ3n) is 2.33. The molecule has 2 heteroatoms. The van der Waals surface area contributed by atoms with E-state index < -0.39 is 0 Å². The first-order valence-electron chi connectivity index (χ1n) is 4.27. The molecule has 1 fully saturated rings. The lowest BCUT2D eigenvalue weighted by Gasteiger charge is -2.35.